The fraction of sp³-hybridized carbons (Fsp3) is 0.500. The van der Waals surface area contributed by atoms with Gasteiger partial charge in [-0.1, -0.05) is 37.3 Å². The van der Waals surface area contributed by atoms with Gasteiger partial charge in [-0.3, -0.25) is 9.59 Å². The number of hydrogen-bond donors (Lipinski definition) is 4. The van der Waals surface area contributed by atoms with Crippen molar-refractivity contribution in [2.75, 3.05) is 13.2 Å². The summed E-state index contributed by atoms with van der Waals surface area (Å²) in [6.07, 6.45) is -2.09. The van der Waals surface area contributed by atoms with Gasteiger partial charge in [-0.2, -0.15) is 0 Å². The number of benzene rings is 1. The Balaban J connectivity index is 2.87. The van der Waals surface area contributed by atoms with Gasteiger partial charge in [0.05, 0.1) is 38.3 Å². The van der Waals surface area contributed by atoms with Crippen molar-refractivity contribution >= 4 is 11.9 Å². The summed E-state index contributed by atoms with van der Waals surface area (Å²) < 4.78 is 5.49. The van der Waals surface area contributed by atoms with Gasteiger partial charge in [0.15, 0.2) is 0 Å². The Labute approximate surface area is 134 Å². The van der Waals surface area contributed by atoms with Gasteiger partial charge in [0.25, 0.3) is 0 Å². The molecular formula is C16H22O7. The lowest BCUT2D eigenvalue weighted by Gasteiger charge is -2.37. The lowest BCUT2D eigenvalue weighted by atomic mass is 9.71. The lowest BCUT2D eigenvalue weighted by Crippen LogP contribution is -2.48. The number of aliphatic hydroxyl groups is 2. The molecule has 1 aromatic rings. The average molecular weight is 326 g/mol. The van der Waals surface area contributed by atoms with Crippen LogP contribution < -0.4 is 0 Å². The van der Waals surface area contributed by atoms with Gasteiger partial charge in [0.2, 0.25) is 0 Å². The summed E-state index contributed by atoms with van der Waals surface area (Å²) in [6, 6.07) is 9.14. The molecule has 0 radical (unpaired) electrons. The van der Waals surface area contributed by atoms with Crippen LogP contribution in [0, 0.1) is 11.3 Å². The highest BCUT2D eigenvalue weighted by Crippen LogP contribution is 2.35. The SMILES string of the molecule is CC(COCc1ccccc1)([C@H](O)CO)[C@@H](CC(=O)O)C(=O)O. The molecule has 0 saturated carbocycles. The first-order valence-electron chi connectivity index (χ1n) is 7.16. The Kier molecular flexibility index (Phi) is 7.15. The lowest BCUT2D eigenvalue weighted by molar-refractivity contribution is -0.163. The van der Waals surface area contributed by atoms with E-state index in [1.807, 2.05) is 30.3 Å². The van der Waals surface area contributed by atoms with E-state index in [-0.39, 0.29) is 13.2 Å². The third-order valence-corrected chi connectivity index (χ3v) is 3.93. The molecule has 0 amide bonds. The van der Waals surface area contributed by atoms with Gasteiger partial charge in [-0.05, 0) is 5.56 Å². The number of carboxylic acids is 2. The fourth-order valence-corrected chi connectivity index (χ4v) is 2.38. The first-order valence-corrected chi connectivity index (χ1v) is 7.16. The number of aliphatic hydroxyl groups excluding tert-OH is 2. The molecular weight excluding hydrogens is 304 g/mol. The van der Waals surface area contributed by atoms with Gasteiger partial charge in [-0.15, -0.1) is 0 Å². The maximum atomic E-state index is 11.4. The molecule has 0 aliphatic carbocycles. The maximum Gasteiger partial charge on any atom is 0.307 e. The van der Waals surface area contributed by atoms with E-state index < -0.39 is 42.4 Å². The van der Waals surface area contributed by atoms with E-state index in [4.69, 9.17) is 9.84 Å². The zero-order valence-corrected chi connectivity index (χ0v) is 12.9. The van der Waals surface area contributed by atoms with Crippen LogP contribution in [-0.2, 0) is 20.9 Å². The molecule has 0 aliphatic heterocycles. The van der Waals surface area contributed by atoms with Crippen LogP contribution in [0.5, 0.6) is 0 Å². The molecule has 0 aromatic heterocycles. The summed E-state index contributed by atoms with van der Waals surface area (Å²) in [5, 5.41) is 37.4. The predicted octanol–water partition coefficient (Wildman–Crippen LogP) is 0.738. The number of aliphatic carboxylic acids is 2. The summed E-state index contributed by atoms with van der Waals surface area (Å²) in [7, 11) is 0. The van der Waals surface area contributed by atoms with Crippen molar-refractivity contribution in [1.29, 1.82) is 0 Å². The van der Waals surface area contributed by atoms with Crippen LogP contribution in [0.25, 0.3) is 0 Å². The molecule has 23 heavy (non-hydrogen) atoms. The second kappa shape index (κ2) is 8.61. The number of rotatable bonds is 10. The standard InChI is InChI=1S/C16H22O7/c1-16(13(18)8-17,12(15(21)22)7-14(19)20)10-23-9-11-5-3-2-4-6-11/h2-6,12-13,17-18H,7-10H2,1H3,(H,19,20)(H,21,22)/t12-,13+,16?/m0/s1. The molecule has 0 bridgehead atoms. The highest BCUT2D eigenvalue weighted by atomic mass is 16.5. The first-order chi connectivity index (χ1) is 10.8. The van der Waals surface area contributed by atoms with Crippen LogP contribution >= 0.6 is 0 Å². The van der Waals surface area contributed by atoms with E-state index in [0.717, 1.165) is 5.56 Å². The average Bonchev–Trinajstić information content (AvgIpc) is 2.52. The molecule has 7 heteroatoms. The Bertz CT molecular complexity index is 516. The summed E-state index contributed by atoms with van der Waals surface area (Å²) in [6.45, 7) is 0.705. The molecule has 0 heterocycles. The van der Waals surface area contributed by atoms with Crippen LogP contribution in [0.3, 0.4) is 0 Å². The first kappa shape index (κ1) is 19.1. The normalized spacial score (nSPS) is 16.3. The van der Waals surface area contributed by atoms with Gasteiger partial charge >= 0.3 is 11.9 Å². The van der Waals surface area contributed by atoms with Crippen molar-refractivity contribution in [3.63, 3.8) is 0 Å². The topological polar surface area (TPSA) is 124 Å². The molecule has 0 spiro atoms. The van der Waals surface area contributed by atoms with E-state index in [0.29, 0.717) is 0 Å². The monoisotopic (exact) mass is 326 g/mol. The van der Waals surface area contributed by atoms with E-state index >= 15 is 0 Å². The minimum Gasteiger partial charge on any atom is -0.481 e. The molecule has 1 unspecified atom stereocenters. The van der Waals surface area contributed by atoms with Crippen molar-refractivity contribution in [3.8, 4) is 0 Å². The fourth-order valence-electron chi connectivity index (χ4n) is 2.38. The van der Waals surface area contributed by atoms with Crippen LogP contribution in [-0.4, -0.2) is 51.7 Å². The molecule has 0 saturated heterocycles. The Morgan fingerprint density at radius 2 is 1.83 bits per heavy atom. The quantitative estimate of drug-likeness (QED) is 0.500. The molecule has 4 N–H and O–H groups in total. The van der Waals surface area contributed by atoms with Gasteiger partial charge in [-0.25, -0.2) is 0 Å². The van der Waals surface area contributed by atoms with E-state index in [1.54, 1.807) is 0 Å². The third-order valence-electron chi connectivity index (χ3n) is 3.93. The molecule has 0 aliphatic rings. The van der Waals surface area contributed by atoms with Crippen molar-refractivity contribution in [1.82, 2.24) is 0 Å². The summed E-state index contributed by atoms with van der Waals surface area (Å²) in [5.74, 6) is -4.04. The Morgan fingerprint density at radius 1 is 1.22 bits per heavy atom. The number of ether oxygens (including phenoxy) is 1. The van der Waals surface area contributed by atoms with Crippen molar-refractivity contribution in [2.24, 2.45) is 11.3 Å². The number of hydrogen-bond acceptors (Lipinski definition) is 5. The van der Waals surface area contributed by atoms with E-state index in [1.165, 1.54) is 6.92 Å². The highest BCUT2D eigenvalue weighted by molar-refractivity contribution is 5.78. The van der Waals surface area contributed by atoms with Crippen LogP contribution in [0.2, 0.25) is 0 Å². The summed E-state index contributed by atoms with van der Waals surface area (Å²) >= 11 is 0. The minimum atomic E-state index is -1.44. The zero-order chi connectivity index (χ0) is 17.5. The molecule has 0 fully saturated rings. The second-order valence-corrected chi connectivity index (χ2v) is 5.67. The van der Waals surface area contributed by atoms with Gasteiger partial charge in [0, 0.05) is 5.41 Å². The predicted molar refractivity (Wildman–Crippen MR) is 80.7 cm³/mol. The van der Waals surface area contributed by atoms with E-state index in [2.05, 4.69) is 0 Å². The van der Waals surface area contributed by atoms with E-state index in [9.17, 15) is 24.9 Å². The molecule has 3 atom stereocenters. The minimum absolute atomic E-state index is 0.188. The molecule has 128 valence electrons. The van der Waals surface area contributed by atoms with Crippen molar-refractivity contribution in [3.05, 3.63) is 35.9 Å². The summed E-state index contributed by atoms with van der Waals surface area (Å²) in [5.41, 5.74) is -0.577. The highest BCUT2D eigenvalue weighted by Gasteiger charge is 2.46. The van der Waals surface area contributed by atoms with Gasteiger partial charge in [0.1, 0.15) is 0 Å². The number of carbonyl (C=O) groups is 2. The summed E-state index contributed by atoms with van der Waals surface area (Å²) in [4.78, 5) is 22.3. The van der Waals surface area contributed by atoms with Crippen LogP contribution in [0.1, 0.15) is 18.9 Å². The molecule has 1 rings (SSSR count). The Hall–Kier alpha value is -1.96. The second-order valence-electron chi connectivity index (χ2n) is 5.67. The molecule has 1 aromatic carbocycles. The van der Waals surface area contributed by atoms with Crippen LogP contribution in [0.4, 0.5) is 0 Å². The largest absolute Gasteiger partial charge is 0.481 e. The number of carboxylic acid groups (broad SMARTS) is 2. The maximum absolute atomic E-state index is 11.4. The van der Waals surface area contributed by atoms with Crippen molar-refractivity contribution in [2.45, 2.75) is 26.1 Å². The van der Waals surface area contributed by atoms with Crippen molar-refractivity contribution < 1.29 is 34.8 Å². The Morgan fingerprint density at radius 3 is 2.30 bits per heavy atom. The van der Waals surface area contributed by atoms with Crippen LogP contribution in [0.15, 0.2) is 30.3 Å². The van der Waals surface area contributed by atoms with Gasteiger partial charge < -0.3 is 25.2 Å². The third kappa shape index (κ3) is 5.31. The molecule has 7 nitrogen and oxygen atoms in total. The zero-order valence-electron chi connectivity index (χ0n) is 12.9. The smallest absolute Gasteiger partial charge is 0.307 e.